The van der Waals surface area contributed by atoms with Crippen LogP contribution in [0.5, 0.6) is 0 Å². The normalized spacial score (nSPS) is 11.1. The largest absolute Gasteiger partial charge is 0.442 e. The number of carbonyl (C=O) groups is 1. The van der Waals surface area contributed by atoms with E-state index in [1.54, 1.807) is 75.8 Å². The molecule has 11 heteroatoms. The van der Waals surface area contributed by atoms with E-state index in [0.29, 0.717) is 33.3 Å². The second-order valence-corrected chi connectivity index (χ2v) is 10.1. The fourth-order valence-corrected chi connectivity index (χ4v) is 3.92. The van der Waals surface area contributed by atoms with E-state index in [9.17, 15) is 9.18 Å². The number of carbonyl (C=O) groups excluding carboxylic acids is 1. The van der Waals surface area contributed by atoms with Crippen LogP contribution < -0.4 is 5.32 Å². The molecule has 0 aliphatic rings. The van der Waals surface area contributed by atoms with Crippen molar-refractivity contribution in [2.75, 3.05) is 5.32 Å². The topological polar surface area (TPSA) is 108 Å². The number of rotatable bonds is 4. The summed E-state index contributed by atoms with van der Waals surface area (Å²) in [5, 5.41) is 8.21. The van der Waals surface area contributed by atoms with Crippen LogP contribution in [0.4, 0.5) is 15.1 Å². The van der Waals surface area contributed by atoms with E-state index >= 15 is 0 Å². The Bertz CT molecular complexity index is 1770. The maximum Gasteiger partial charge on any atom is 0.435 e. The first-order valence-electron chi connectivity index (χ1n) is 12.2. The summed E-state index contributed by atoms with van der Waals surface area (Å²) in [4.78, 5) is 29.9. The molecule has 5 rings (SSSR count). The molecule has 200 valence electrons. The third-order valence-electron chi connectivity index (χ3n) is 5.49. The minimum Gasteiger partial charge on any atom is -0.442 e. The van der Waals surface area contributed by atoms with E-state index in [4.69, 9.17) is 16.3 Å². The molecule has 9 nitrogen and oxygen atoms in total. The van der Waals surface area contributed by atoms with E-state index in [1.807, 2.05) is 6.07 Å². The molecule has 0 spiro atoms. The number of nitrogens with one attached hydrogen (secondary N) is 1. The predicted octanol–water partition coefficient (Wildman–Crippen LogP) is 5.87. The molecule has 1 N–H and O–H groups in total. The van der Waals surface area contributed by atoms with Crippen LogP contribution in [0, 0.1) is 17.7 Å². The van der Waals surface area contributed by atoms with Gasteiger partial charge in [0.1, 0.15) is 22.8 Å². The first-order valence-corrected chi connectivity index (χ1v) is 12.6. The quantitative estimate of drug-likeness (QED) is 0.274. The Balaban J connectivity index is 1.32. The van der Waals surface area contributed by atoms with E-state index in [1.165, 1.54) is 10.7 Å². The second-order valence-electron chi connectivity index (χ2n) is 9.65. The van der Waals surface area contributed by atoms with Crippen molar-refractivity contribution in [2.24, 2.45) is 0 Å². The van der Waals surface area contributed by atoms with Crippen molar-refractivity contribution >= 4 is 34.5 Å². The smallest absolute Gasteiger partial charge is 0.435 e. The van der Waals surface area contributed by atoms with Crippen LogP contribution in [-0.4, -0.2) is 41.4 Å². The maximum absolute atomic E-state index is 14.1. The minimum absolute atomic E-state index is 0.113. The van der Waals surface area contributed by atoms with E-state index in [-0.39, 0.29) is 12.5 Å². The number of benzene rings is 2. The molecule has 3 heterocycles. The Labute approximate surface area is 234 Å². The van der Waals surface area contributed by atoms with Gasteiger partial charge in [0.25, 0.3) is 0 Å². The molecule has 0 fully saturated rings. The Morgan fingerprint density at radius 2 is 1.90 bits per heavy atom. The Kier molecular flexibility index (Phi) is 7.40. The van der Waals surface area contributed by atoms with E-state index < -0.39 is 17.5 Å². The molecule has 0 saturated heterocycles. The van der Waals surface area contributed by atoms with Crippen molar-refractivity contribution in [3.63, 3.8) is 0 Å². The van der Waals surface area contributed by atoms with Gasteiger partial charge in [0.2, 0.25) is 5.95 Å². The summed E-state index contributed by atoms with van der Waals surface area (Å²) in [5.41, 5.74) is 1.99. The third-order valence-corrected chi connectivity index (χ3v) is 5.85. The predicted molar refractivity (Wildman–Crippen MR) is 149 cm³/mol. The number of nitrogens with zero attached hydrogens (tertiary/aromatic N) is 6. The molecule has 0 bridgehead atoms. The van der Waals surface area contributed by atoms with Crippen molar-refractivity contribution in [2.45, 2.75) is 32.9 Å². The molecule has 0 aliphatic heterocycles. The average molecular weight is 556 g/mol. The Morgan fingerprint density at radius 3 is 2.70 bits per heavy atom. The van der Waals surface area contributed by atoms with Crippen LogP contribution >= 0.6 is 11.6 Å². The lowest BCUT2D eigenvalue weighted by Crippen LogP contribution is -2.27. The van der Waals surface area contributed by atoms with Crippen LogP contribution in [0.2, 0.25) is 5.02 Å². The van der Waals surface area contributed by atoms with Crippen LogP contribution in [0.25, 0.3) is 22.4 Å². The highest BCUT2D eigenvalue weighted by Gasteiger charge is 2.20. The Morgan fingerprint density at radius 1 is 1.07 bits per heavy atom. The standard InChI is InChI=1S/C29H23ClFN7O2/c1-29(2,3)40-28(39)38-25-10-8-18(15-19(25)16-35-38)7-9-20-11-13-32-26(36-20)24-12-14-33-27(37-24)34-17-21-22(30)5-4-6-23(21)31/h4-6,8,10-16H,17H2,1-3H3,(H,33,34,37). The molecule has 3 aromatic heterocycles. The van der Waals surface area contributed by atoms with Gasteiger partial charge in [-0.1, -0.05) is 23.6 Å². The molecule has 0 radical (unpaired) electrons. The number of fused-ring (bicyclic) bond motifs is 1. The zero-order valence-electron chi connectivity index (χ0n) is 21.8. The number of aromatic nitrogens is 6. The van der Waals surface area contributed by atoms with E-state index in [2.05, 4.69) is 42.2 Å². The number of ether oxygens (including phenoxy) is 1. The van der Waals surface area contributed by atoms with Crippen molar-refractivity contribution in [3.05, 3.63) is 94.8 Å². The summed E-state index contributed by atoms with van der Waals surface area (Å²) in [6, 6.07) is 13.3. The van der Waals surface area contributed by atoms with Crippen molar-refractivity contribution in [1.82, 2.24) is 29.7 Å². The van der Waals surface area contributed by atoms with Gasteiger partial charge in [-0.25, -0.2) is 29.1 Å². The molecular formula is C29H23ClFN7O2. The third kappa shape index (κ3) is 6.22. The van der Waals surface area contributed by atoms with Gasteiger partial charge in [-0.05, 0) is 69.2 Å². The zero-order valence-corrected chi connectivity index (χ0v) is 22.6. The van der Waals surface area contributed by atoms with Gasteiger partial charge in [-0.3, -0.25) is 0 Å². The Hall–Kier alpha value is -4.88. The lowest BCUT2D eigenvalue weighted by Gasteiger charge is -2.19. The van der Waals surface area contributed by atoms with Crippen LogP contribution in [0.1, 0.15) is 37.6 Å². The second kappa shape index (κ2) is 11.1. The lowest BCUT2D eigenvalue weighted by atomic mass is 10.1. The molecule has 0 atom stereocenters. The van der Waals surface area contributed by atoms with Gasteiger partial charge < -0.3 is 10.1 Å². The first kappa shape index (κ1) is 26.7. The first-order chi connectivity index (χ1) is 19.2. The molecule has 0 aliphatic carbocycles. The summed E-state index contributed by atoms with van der Waals surface area (Å²) < 4.78 is 20.7. The molecule has 0 unspecified atom stereocenters. The highest BCUT2D eigenvalue weighted by Crippen LogP contribution is 2.21. The molecule has 0 amide bonds. The van der Waals surface area contributed by atoms with Gasteiger partial charge in [0.05, 0.1) is 11.7 Å². The van der Waals surface area contributed by atoms with Gasteiger partial charge in [-0.15, -0.1) is 0 Å². The monoisotopic (exact) mass is 555 g/mol. The van der Waals surface area contributed by atoms with Gasteiger partial charge in [-0.2, -0.15) is 9.78 Å². The summed E-state index contributed by atoms with van der Waals surface area (Å²) in [5.74, 6) is 6.33. The summed E-state index contributed by atoms with van der Waals surface area (Å²) in [7, 11) is 0. The number of hydrogen-bond acceptors (Lipinski definition) is 8. The number of anilines is 1. The number of halogens is 2. The van der Waals surface area contributed by atoms with Gasteiger partial charge in [0.15, 0.2) is 5.82 Å². The van der Waals surface area contributed by atoms with E-state index in [0.717, 1.165) is 10.9 Å². The molecule has 0 saturated carbocycles. The highest BCUT2D eigenvalue weighted by molar-refractivity contribution is 6.31. The van der Waals surface area contributed by atoms with Crippen molar-refractivity contribution in [3.8, 4) is 23.4 Å². The van der Waals surface area contributed by atoms with Crippen molar-refractivity contribution < 1.29 is 13.9 Å². The molecule has 40 heavy (non-hydrogen) atoms. The van der Waals surface area contributed by atoms with Crippen LogP contribution in [0.3, 0.4) is 0 Å². The molecule has 5 aromatic rings. The fourth-order valence-electron chi connectivity index (χ4n) is 3.69. The van der Waals surface area contributed by atoms with Crippen LogP contribution in [-0.2, 0) is 11.3 Å². The SMILES string of the molecule is CC(C)(C)OC(=O)n1ncc2cc(C#Cc3ccnc(-c4ccnc(NCc5c(F)cccc5Cl)n4)n3)ccc21. The maximum atomic E-state index is 14.1. The lowest BCUT2D eigenvalue weighted by molar-refractivity contribution is 0.0522. The summed E-state index contributed by atoms with van der Waals surface area (Å²) in [6.07, 6.45) is 4.19. The number of hydrogen-bond donors (Lipinski definition) is 1. The minimum atomic E-state index is -0.628. The highest BCUT2D eigenvalue weighted by atomic mass is 35.5. The fraction of sp³-hybridized carbons (Fsp3) is 0.172. The summed E-state index contributed by atoms with van der Waals surface area (Å²) in [6.45, 7) is 5.51. The van der Waals surface area contributed by atoms with Gasteiger partial charge in [0, 0.05) is 40.5 Å². The van der Waals surface area contributed by atoms with Crippen LogP contribution in [0.15, 0.2) is 67.1 Å². The summed E-state index contributed by atoms with van der Waals surface area (Å²) >= 11 is 6.10. The zero-order chi connectivity index (χ0) is 28.3. The molecule has 2 aromatic carbocycles. The van der Waals surface area contributed by atoms with Crippen molar-refractivity contribution in [1.29, 1.82) is 0 Å². The average Bonchev–Trinajstić information content (AvgIpc) is 3.35. The van der Waals surface area contributed by atoms with Gasteiger partial charge >= 0.3 is 6.09 Å². The molecular weight excluding hydrogens is 533 g/mol.